The predicted octanol–water partition coefficient (Wildman–Crippen LogP) is 17.5. The second kappa shape index (κ2) is 21.4. The molecule has 0 unspecified atom stereocenters. The van der Waals surface area contributed by atoms with Gasteiger partial charge in [-0.3, -0.25) is 9.13 Å². The van der Waals surface area contributed by atoms with Crippen molar-refractivity contribution in [2.45, 2.75) is 59.3 Å². The molecule has 0 saturated carbocycles. The van der Waals surface area contributed by atoms with Crippen LogP contribution in [0.25, 0.3) is 90.4 Å². The lowest BCUT2D eigenvalue weighted by atomic mass is 10.0. The maximum Gasteiger partial charge on any atom is 0.164 e. The topological polar surface area (TPSA) is 89.9 Å². The Morgan fingerprint density at radius 2 is 0.722 bits per heavy atom. The molecule has 9 nitrogen and oxygen atoms in total. The van der Waals surface area contributed by atoms with Crippen molar-refractivity contribution in [2.24, 2.45) is 4.99 Å². The number of imidazole rings is 2. The second-order valence-electron chi connectivity index (χ2n) is 21.1. The summed E-state index contributed by atoms with van der Waals surface area (Å²) in [5.74, 6) is 5.58. The van der Waals surface area contributed by atoms with Gasteiger partial charge < -0.3 is 4.90 Å². The summed E-state index contributed by atoms with van der Waals surface area (Å²) < 4.78 is 4.47. The van der Waals surface area contributed by atoms with Gasteiger partial charge in [-0.15, -0.1) is 0 Å². The molecule has 9 aromatic carbocycles. The summed E-state index contributed by atoms with van der Waals surface area (Å²) in [6.45, 7) is 13.3. The summed E-state index contributed by atoms with van der Waals surface area (Å²) in [5.41, 5.74) is 17.3. The lowest BCUT2D eigenvalue weighted by molar-refractivity contribution is 0.866. The maximum absolute atomic E-state index is 5.23. The number of hydrogen-bond acceptors (Lipinski definition) is 6. The highest BCUT2D eigenvalue weighted by molar-refractivity contribution is 6.10. The van der Waals surface area contributed by atoms with E-state index in [1.807, 2.05) is 42.5 Å². The molecule has 386 valence electrons. The van der Waals surface area contributed by atoms with Crippen LogP contribution in [0.1, 0.15) is 81.5 Å². The van der Waals surface area contributed by atoms with Crippen LogP contribution in [0, 0.1) is 0 Å². The highest BCUT2D eigenvalue weighted by Crippen LogP contribution is 2.35. The first kappa shape index (κ1) is 50.2. The van der Waals surface area contributed by atoms with E-state index in [1.54, 1.807) is 0 Å². The number of aromatic nitrogens is 7. The summed E-state index contributed by atoms with van der Waals surface area (Å²) in [7, 11) is 2.07. The van der Waals surface area contributed by atoms with Crippen LogP contribution >= 0.6 is 0 Å². The summed E-state index contributed by atoms with van der Waals surface area (Å²) in [6.07, 6.45) is 0. The molecular weight excluding hydrogens is 967 g/mol. The summed E-state index contributed by atoms with van der Waals surface area (Å²) >= 11 is 0. The Hall–Kier alpha value is -9.60. The molecule has 0 saturated heterocycles. The Kier molecular flexibility index (Phi) is 13.6. The number of nitrogens with zero attached hydrogens (tertiary/aromatic N) is 9. The van der Waals surface area contributed by atoms with Crippen molar-refractivity contribution in [3.8, 4) is 68.3 Å². The van der Waals surface area contributed by atoms with Gasteiger partial charge >= 0.3 is 0 Å². The molecule has 0 aliphatic rings. The van der Waals surface area contributed by atoms with Gasteiger partial charge in [0, 0.05) is 57.5 Å². The van der Waals surface area contributed by atoms with E-state index in [1.165, 1.54) is 16.7 Å². The van der Waals surface area contributed by atoms with Crippen LogP contribution in [0.4, 0.5) is 11.4 Å². The van der Waals surface area contributed by atoms with Crippen molar-refractivity contribution in [3.63, 3.8) is 0 Å². The highest BCUT2D eigenvalue weighted by Gasteiger charge is 2.20. The molecule has 12 aromatic rings. The van der Waals surface area contributed by atoms with Crippen molar-refractivity contribution < 1.29 is 0 Å². The lowest BCUT2D eigenvalue weighted by Crippen LogP contribution is -2.27. The number of amidine groups is 1. The van der Waals surface area contributed by atoms with Gasteiger partial charge in [-0.1, -0.05) is 157 Å². The Morgan fingerprint density at radius 1 is 0.367 bits per heavy atom. The number of para-hydroxylation sites is 5. The minimum absolute atomic E-state index is 0.424. The van der Waals surface area contributed by atoms with Gasteiger partial charge in [0.1, 0.15) is 17.5 Å². The van der Waals surface area contributed by atoms with Crippen LogP contribution < -0.4 is 4.90 Å². The van der Waals surface area contributed by atoms with E-state index in [4.69, 9.17) is 29.9 Å². The van der Waals surface area contributed by atoms with Crippen LogP contribution in [0.2, 0.25) is 0 Å². The minimum atomic E-state index is 0.424. The van der Waals surface area contributed by atoms with E-state index in [2.05, 4.69) is 245 Å². The smallest absolute Gasteiger partial charge is 0.164 e. The largest absolute Gasteiger partial charge is 0.329 e. The van der Waals surface area contributed by atoms with E-state index in [0.29, 0.717) is 35.2 Å². The van der Waals surface area contributed by atoms with Gasteiger partial charge in [0.05, 0.1) is 27.8 Å². The quantitative estimate of drug-likeness (QED) is 0.0844. The Morgan fingerprint density at radius 3 is 1.13 bits per heavy atom. The van der Waals surface area contributed by atoms with Crippen molar-refractivity contribution in [1.29, 1.82) is 0 Å². The average molecular weight is 1030 g/mol. The van der Waals surface area contributed by atoms with Crippen molar-refractivity contribution in [1.82, 2.24) is 34.1 Å². The number of anilines is 1. The SMILES string of the molecule is CC(C)c1ccc(/C(=N/c2ccccc2)N(C)c2ccc(-c3nc(-c4ccc(-n5c(-c6ccc(C(C)C)cc6)nc6ccccc65)cc4)nc(-c4ccc(-n5c(-c6ccc(C(C)C)cc6)nc6ccccc65)cc4)n3)cc2)cc1. The maximum atomic E-state index is 5.23. The Labute approximate surface area is 462 Å². The summed E-state index contributed by atoms with van der Waals surface area (Å²) in [5, 5.41) is 0. The van der Waals surface area contributed by atoms with Gasteiger partial charge in [0.2, 0.25) is 0 Å². The van der Waals surface area contributed by atoms with Gasteiger partial charge in [-0.2, -0.15) is 0 Å². The number of fused-ring (bicyclic) bond motifs is 2. The van der Waals surface area contributed by atoms with Crippen LogP contribution in [0.5, 0.6) is 0 Å². The standard InChI is InChI=1S/C70H61N9/c1-45(2)48-21-27-54(28-22-48)68(71-57-15-9-8-10-16-57)77(7)58-39-33-51(34-40-58)65-74-66(52-35-41-59(42-36-52)78-63-19-13-11-17-61(63)72-69(78)55-29-23-49(24-30-55)46(3)4)76-67(75-65)53-37-43-60(44-38-53)79-64-20-14-12-18-62(64)73-70(79)56-31-25-50(26-32-56)47(5)6/h8-47H,1-7H3/b71-68-. The third-order valence-corrected chi connectivity index (χ3v) is 14.9. The van der Waals surface area contributed by atoms with E-state index >= 15 is 0 Å². The van der Waals surface area contributed by atoms with Crippen molar-refractivity contribution in [3.05, 3.63) is 247 Å². The van der Waals surface area contributed by atoms with Crippen LogP contribution in [-0.2, 0) is 0 Å². The molecule has 0 atom stereocenters. The zero-order chi connectivity index (χ0) is 54.1. The fraction of sp³-hybridized carbons (Fsp3) is 0.143. The molecule has 0 spiro atoms. The Bertz CT molecular complexity index is 3930. The van der Waals surface area contributed by atoms with Crippen molar-refractivity contribution in [2.75, 3.05) is 11.9 Å². The fourth-order valence-corrected chi connectivity index (χ4v) is 10.2. The molecular formula is C70H61N9. The molecule has 9 heteroatoms. The number of hydrogen-bond donors (Lipinski definition) is 0. The molecule has 0 N–H and O–H groups in total. The molecule has 3 heterocycles. The predicted molar refractivity (Wildman–Crippen MR) is 326 cm³/mol. The third-order valence-electron chi connectivity index (χ3n) is 14.9. The van der Waals surface area contributed by atoms with E-state index in [9.17, 15) is 0 Å². The summed E-state index contributed by atoms with van der Waals surface area (Å²) in [6, 6.07) is 78.3. The van der Waals surface area contributed by atoms with Gasteiger partial charge in [-0.25, -0.2) is 29.9 Å². The molecule has 0 radical (unpaired) electrons. The normalized spacial score (nSPS) is 11.9. The first-order valence-corrected chi connectivity index (χ1v) is 27.2. The van der Waals surface area contributed by atoms with Crippen molar-refractivity contribution >= 4 is 39.3 Å². The van der Waals surface area contributed by atoms with Gasteiger partial charge in [-0.05, 0) is 144 Å². The molecule has 0 bridgehead atoms. The number of benzene rings is 9. The minimum Gasteiger partial charge on any atom is -0.329 e. The van der Waals surface area contributed by atoms with Crippen LogP contribution in [0.3, 0.4) is 0 Å². The zero-order valence-electron chi connectivity index (χ0n) is 45.6. The van der Waals surface area contributed by atoms with E-state index in [0.717, 1.165) is 95.7 Å². The zero-order valence-corrected chi connectivity index (χ0v) is 45.6. The van der Waals surface area contributed by atoms with Gasteiger partial charge in [0.25, 0.3) is 0 Å². The molecule has 0 amide bonds. The first-order valence-electron chi connectivity index (χ1n) is 27.2. The molecule has 79 heavy (non-hydrogen) atoms. The third kappa shape index (κ3) is 10.1. The lowest BCUT2D eigenvalue weighted by Gasteiger charge is -2.23. The first-order chi connectivity index (χ1) is 38.5. The molecule has 0 aliphatic carbocycles. The summed E-state index contributed by atoms with van der Waals surface area (Å²) in [4.78, 5) is 33.3. The molecule has 0 aliphatic heterocycles. The van der Waals surface area contributed by atoms with Crippen LogP contribution in [0.15, 0.2) is 229 Å². The van der Waals surface area contributed by atoms with E-state index in [-0.39, 0.29) is 0 Å². The average Bonchev–Trinajstić information content (AvgIpc) is 4.17. The fourth-order valence-electron chi connectivity index (χ4n) is 10.2. The molecule has 0 fully saturated rings. The Balaban J connectivity index is 0.937. The van der Waals surface area contributed by atoms with Crippen LogP contribution in [-0.4, -0.2) is 46.9 Å². The molecule has 3 aromatic heterocycles. The molecule has 12 rings (SSSR count). The van der Waals surface area contributed by atoms with E-state index < -0.39 is 0 Å². The van der Waals surface area contributed by atoms with Gasteiger partial charge in [0.15, 0.2) is 17.5 Å². The number of rotatable bonds is 13. The second-order valence-corrected chi connectivity index (χ2v) is 21.1. The highest BCUT2D eigenvalue weighted by atomic mass is 15.2. The monoisotopic (exact) mass is 1030 g/mol. The number of aliphatic imine (C=N–C) groups is 1.